The van der Waals surface area contributed by atoms with Gasteiger partial charge in [0.15, 0.2) is 4.96 Å². The summed E-state index contributed by atoms with van der Waals surface area (Å²) < 4.78 is 3.55. The molecule has 9 heteroatoms. The van der Waals surface area contributed by atoms with Crippen molar-refractivity contribution < 1.29 is 4.79 Å². The van der Waals surface area contributed by atoms with Crippen LogP contribution < -0.4 is 5.32 Å². The molecule has 8 nitrogen and oxygen atoms in total. The van der Waals surface area contributed by atoms with Gasteiger partial charge in [-0.15, -0.1) is 16.4 Å². The lowest BCUT2D eigenvalue weighted by Gasteiger charge is -2.03. The molecule has 0 spiro atoms. The van der Waals surface area contributed by atoms with Gasteiger partial charge in [0.05, 0.1) is 5.69 Å². The van der Waals surface area contributed by atoms with Gasteiger partial charge in [-0.3, -0.25) is 9.20 Å². The van der Waals surface area contributed by atoms with E-state index in [1.807, 2.05) is 66.4 Å². The number of thiazole rings is 1. The first-order valence-electron chi connectivity index (χ1n) is 8.62. The smallest absolute Gasteiger partial charge is 0.295 e. The van der Waals surface area contributed by atoms with Crippen molar-refractivity contribution in [1.29, 1.82) is 0 Å². The van der Waals surface area contributed by atoms with E-state index in [-0.39, 0.29) is 11.7 Å². The summed E-state index contributed by atoms with van der Waals surface area (Å²) >= 11 is 1.59. The van der Waals surface area contributed by atoms with E-state index >= 15 is 0 Å². The van der Waals surface area contributed by atoms with Gasteiger partial charge in [0.2, 0.25) is 5.82 Å². The van der Waals surface area contributed by atoms with Crippen LogP contribution in [0.2, 0.25) is 0 Å². The Morgan fingerprint density at radius 2 is 1.93 bits per heavy atom. The maximum Gasteiger partial charge on any atom is 0.295 e. The molecular formula is C19H15N7OS. The van der Waals surface area contributed by atoms with Gasteiger partial charge in [0.25, 0.3) is 11.7 Å². The number of aryl methyl sites for hydroxylation is 2. The molecule has 4 heterocycles. The summed E-state index contributed by atoms with van der Waals surface area (Å²) in [5.41, 5.74) is 4.24. The number of aromatic nitrogens is 6. The number of imidazole rings is 1. The zero-order valence-corrected chi connectivity index (χ0v) is 15.9. The predicted octanol–water partition coefficient (Wildman–Crippen LogP) is 3.37. The van der Waals surface area contributed by atoms with Crippen molar-refractivity contribution in [2.45, 2.75) is 13.8 Å². The Morgan fingerprint density at radius 3 is 2.71 bits per heavy atom. The Balaban J connectivity index is 1.37. The molecule has 138 valence electrons. The number of nitrogens with zero attached hydrogens (tertiary/aromatic N) is 6. The molecule has 5 rings (SSSR count). The second kappa shape index (κ2) is 6.24. The van der Waals surface area contributed by atoms with Crippen molar-refractivity contribution in [3.8, 4) is 11.3 Å². The molecular weight excluding hydrogens is 374 g/mol. The number of carbonyl (C=O) groups excluding carboxylic acids is 1. The van der Waals surface area contributed by atoms with Crippen molar-refractivity contribution >= 4 is 33.7 Å². The van der Waals surface area contributed by atoms with E-state index in [0.717, 1.165) is 27.6 Å². The molecule has 0 aliphatic rings. The highest BCUT2D eigenvalue weighted by Gasteiger charge is 2.15. The summed E-state index contributed by atoms with van der Waals surface area (Å²) in [5, 5.41) is 9.07. The molecule has 0 bridgehead atoms. The van der Waals surface area contributed by atoms with Gasteiger partial charge in [0.1, 0.15) is 0 Å². The van der Waals surface area contributed by atoms with Crippen molar-refractivity contribution in [2.24, 2.45) is 0 Å². The number of amides is 1. The SMILES string of the molecule is Cc1cc(C)n2nc(C(=O)Nc3ccc(-c4cn5ccsc5n4)cc3)nc2n1. The molecule has 0 saturated carbocycles. The number of anilines is 1. The van der Waals surface area contributed by atoms with Gasteiger partial charge < -0.3 is 5.32 Å². The Hall–Kier alpha value is -3.59. The lowest BCUT2D eigenvalue weighted by molar-refractivity contribution is 0.101. The molecule has 0 atom stereocenters. The lowest BCUT2D eigenvalue weighted by Crippen LogP contribution is -2.14. The molecule has 0 unspecified atom stereocenters. The molecule has 0 saturated heterocycles. The van der Waals surface area contributed by atoms with Crippen molar-refractivity contribution in [3.05, 3.63) is 65.3 Å². The average Bonchev–Trinajstić information content (AvgIpc) is 3.36. The molecule has 1 N–H and O–H groups in total. The molecule has 28 heavy (non-hydrogen) atoms. The Morgan fingerprint density at radius 1 is 1.11 bits per heavy atom. The van der Waals surface area contributed by atoms with Gasteiger partial charge in [-0.05, 0) is 32.0 Å². The van der Waals surface area contributed by atoms with E-state index in [9.17, 15) is 4.79 Å². The normalized spacial score (nSPS) is 11.4. The fraction of sp³-hybridized carbons (Fsp3) is 0.105. The van der Waals surface area contributed by atoms with Crippen LogP contribution in [0.1, 0.15) is 22.0 Å². The fourth-order valence-corrected chi connectivity index (χ4v) is 3.74. The van der Waals surface area contributed by atoms with Crippen LogP contribution in [-0.4, -0.2) is 34.9 Å². The molecule has 4 aromatic heterocycles. The Kier molecular flexibility index (Phi) is 3.69. The van der Waals surface area contributed by atoms with Gasteiger partial charge >= 0.3 is 0 Å². The third-order valence-electron chi connectivity index (χ3n) is 4.35. The lowest BCUT2D eigenvalue weighted by atomic mass is 10.1. The second-order valence-electron chi connectivity index (χ2n) is 6.44. The van der Waals surface area contributed by atoms with Crippen LogP contribution in [0.4, 0.5) is 5.69 Å². The number of rotatable bonds is 3. The third-order valence-corrected chi connectivity index (χ3v) is 5.12. The zero-order valence-electron chi connectivity index (χ0n) is 15.1. The van der Waals surface area contributed by atoms with Gasteiger partial charge in [-0.2, -0.15) is 4.98 Å². The molecule has 0 aliphatic carbocycles. The first kappa shape index (κ1) is 16.6. The minimum absolute atomic E-state index is 0.0830. The van der Waals surface area contributed by atoms with E-state index in [4.69, 9.17) is 0 Å². The van der Waals surface area contributed by atoms with E-state index in [0.29, 0.717) is 11.5 Å². The number of benzene rings is 1. The highest BCUT2D eigenvalue weighted by molar-refractivity contribution is 7.15. The van der Waals surface area contributed by atoms with Gasteiger partial charge in [0, 0.05) is 40.4 Å². The highest BCUT2D eigenvalue weighted by atomic mass is 32.1. The first-order valence-corrected chi connectivity index (χ1v) is 9.50. The van der Waals surface area contributed by atoms with Crippen molar-refractivity contribution in [1.82, 2.24) is 29.0 Å². The standard InChI is InChI=1S/C19H15N7OS/c1-11-9-12(2)26-18(20-11)23-16(24-26)17(27)21-14-5-3-13(4-6-14)15-10-25-7-8-28-19(25)22-15/h3-10H,1-2H3,(H,21,27). The third kappa shape index (κ3) is 2.81. The van der Waals surface area contributed by atoms with E-state index < -0.39 is 0 Å². The van der Waals surface area contributed by atoms with Crippen LogP contribution >= 0.6 is 11.3 Å². The Bertz CT molecular complexity index is 1300. The largest absolute Gasteiger partial charge is 0.319 e. The quantitative estimate of drug-likeness (QED) is 0.511. The number of hydrogen-bond donors (Lipinski definition) is 1. The average molecular weight is 389 g/mol. The minimum Gasteiger partial charge on any atom is -0.319 e. The van der Waals surface area contributed by atoms with E-state index in [2.05, 4.69) is 25.4 Å². The summed E-state index contributed by atoms with van der Waals surface area (Å²) in [4.78, 5) is 26.6. The van der Waals surface area contributed by atoms with Crippen LogP contribution in [0.25, 0.3) is 22.0 Å². The number of nitrogens with one attached hydrogen (secondary N) is 1. The summed E-state index contributed by atoms with van der Waals surface area (Å²) in [7, 11) is 0. The maximum atomic E-state index is 12.5. The van der Waals surface area contributed by atoms with Crippen LogP contribution in [0.3, 0.4) is 0 Å². The first-order chi connectivity index (χ1) is 13.6. The van der Waals surface area contributed by atoms with E-state index in [1.54, 1.807) is 15.9 Å². The summed E-state index contributed by atoms with van der Waals surface area (Å²) in [6, 6.07) is 9.42. The van der Waals surface area contributed by atoms with Crippen LogP contribution in [0.5, 0.6) is 0 Å². The summed E-state index contributed by atoms with van der Waals surface area (Å²) in [5.74, 6) is 0.121. The number of fused-ring (bicyclic) bond motifs is 2. The van der Waals surface area contributed by atoms with Crippen molar-refractivity contribution in [3.63, 3.8) is 0 Å². The molecule has 0 radical (unpaired) electrons. The molecule has 5 aromatic rings. The van der Waals surface area contributed by atoms with Crippen LogP contribution in [0, 0.1) is 13.8 Å². The second-order valence-corrected chi connectivity index (χ2v) is 7.31. The van der Waals surface area contributed by atoms with Crippen LogP contribution in [0.15, 0.2) is 48.1 Å². The van der Waals surface area contributed by atoms with Gasteiger partial charge in [-0.25, -0.2) is 14.5 Å². The minimum atomic E-state index is -0.377. The maximum absolute atomic E-state index is 12.5. The zero-order chi connectivity index (χ0) is 19.3. The van der Waals surface area contributed by atoms with Crippen LogP contribution in [-0.2, 0) is 0 Å². The molecule has 1 aromatic carbocycles. The molecule has 0 aliphatic heterocycles. The van der Waals surface area contributed by atoms with Crippen molar-refractivity contribution in [2.75, 3.05) is 5.32 Å². The summed E-state index contributed by atoms with van der Waals surface area (Å²) in [6.07, 6.45) is 3.96. The monoisotopic (exact) mass is 389 g/mol. The van der Waals surface area contributed by atoms with E-state index in [1.165, 1.54) is 0 Å². The number of carbonyl (C=O) groups is 1. The topological polar surface area (TPSA) is 89.5 Å². The summed E-state index contributed by atoms with van der Waals surface area (Å²) in [6.45, 7) is 3.78. The fourth-order valence-electron chi connectivity index (χ4n) is 3.04. The number of hydrogen-bond acceptors (Lipinski definition) is 6. The van der Waals surface area contributed by atoms with Gasteiger partial charge in [-0.1, -0.05) is 12.1 Å². The molecule has 0 fully saturated rings. The Labute approximate surface area is 163 Å². The predicted molar refractivity (Wildman–Crippen MR) is 107 cm³/mol. The highest BCUT2D eigenvalue weighted by Crippen LogP contribution is 2.23. The molecule has 1 amide bonds.